The van der Waals surface area contributed by atoms with E-state index in [-0.39, 0.29) is 23.7 Å². The van der Waals surface area contributed by atoms with Crippen LogP contribution in [0.15, 0.2) is 54.8 Å². The number of aryl methyl sites for hydroxylation is 1. The SMILES string of the molecule is C=C(/C=C\C(=C/C)c1nsc(NC(=O)NCCC(=O)O)c1ON)NC(=O)Nc1cccc(C)c1. The maximum atomic E-state index is 12.2. The van der Waals surface area contributed by atoms with Crippen LogP contribution in [0.1, 0.15) is 24.6 Å². The Morgan fingerprint density at radius 3 is 2.65 bits per heavy atom. The van der Waals surface area contributed by atoms with Crippen LogP contribution in [-0.2, 0) is 4.79 Å². The van der Waals surface area contributed by atoms with Crippen LogP contribution in [0.25, 0.3) is 5.57 Å². The van der Waals surface area contributed by atoms with Crippen LogP contribution >= 0.6 is 11.5 Å². The van der Waals surface area contributed by atoms with Crippen LogP contribution in [0.5, 0.6) is 5.75 Å². The predicted octanol–water partition coefficient (Wildman–Crippen LogP) is 3.60. The largest absolute Gasteiger partial charge is 0.481 e. The van der Waals surface area contributed by atoms with E-state index in [1.807, 2.05) is 25.1 Å². The number of urea groups is 2. The van der Waals surface area contributed by atoms with Gasteiger partial charge in [0.2, 0.25) is 5.75 Å². The van der Waals surface area contributed by atoms with Crippen molar-refractivity contribution in [2.45, 2.75) is 20.3 Å². The fourth-order valence-electron chi connectivity index (χ4n) is 2.66. The maximum Gasteiger partial charge on any atom is 0.323 e. The minimum absolute atomic E-state index is 0.0406. The van der Waals surface area contributed by atoms with Crippen LogP contribution in [0.3, 0.4) is 0 Å². The molecule has 0 aliphatic rings. The molecule has 0 fully saturated rings. The summed E-state index contributed by atoms with van der Waals surface area (Å²) < 4.78 is 4.27. The molecule has 1 heterocycles. The number of anilines is 2. The third kappa shape index (κ3) is 8.07. The van der Waals surface area contributed by atoms with Crippen molar-refractivity contribution >= 4 is 45.8 Å². The number of hydrogen-bond acceptors (Lipinski definition) is 7. The lowest BCUT2D eigenvalue weighted by Crippen LogP contribution is -2.30. The molecule has 2 aromatic rings. The smallest absolute Gasteiger partial charge is 0.323 e. The Morgan fingerprint density at radius 2 is 2.00 bits per heavy atom. The normalized spacial score (nSPS) is 11.1. The molecule has 0 radical (unpaired) electrons. The standard InChI is InChI=1S/C22H26N6O5S/c1-4-15(9-8-14(3)25-22(32)26-16-7-5-6-13(2)12-16)18-19(33-23)20(34-28-18)27-21(31)24-11-10-17(29)30/h4-9,12H,3,10-11,23H2,1-2H3,(H,29,30)(H2,24,27,31)(H2,25,26,32)/b9-8-,15-4+. The van der Waals surface area contributed by atoms with Crippen LogP contribution in [-0.4, -0.2) is 34.1 Å². The molecule has 12 heteroatoms. The van der Waals surface area contributed by atoms with Crippen molar-refractivity contribution in [1.82, 2.24) is 15.0 Å². The number of rotatable bonds is 10. The zero-order chi connectivity index (χ0) is 25.1. The van der Waals surface area contributed by atoms with Crippen LogP contribution < -0.4 is 32.0 Å². The highest BCUT2D eigenvalue weighted by molar-refractivity contribution is 7.11. The van der Waals surface area contributed by atoms with Crippen molar-refractivity contribution in [2.24, 2.45) is 5.90 Å². The lowest BCUT2D eigenvalue weighted by atomic mass is 10.1. The predicted molar refractivity (Wildman–Crippen MR) is 131 cm³/mol. The van der Waals surface area contributed by atoms with Gasteiger partial charge < -0.3 is 25.9 Å². The molecule has 0 aliphatic heterocycles. The first-order valence-corrected chi connectivity index (χ1v) is 10.8. The van der Waals surface area contributed by atoms with E-state index in [9.17, 15) is 14.4 Å². The van der Waals surface area contributed by atoms with Gasteiger partial charge in [-0.25, -0.2) is 9.59 Å². The minimum Gasteiger partial charge on any atom is -0.481 e. The van der Waals surface area contributed by atoms with Crippen LogP contribution in [0.4, 0.5) is 20.3 Å². The summed E-state index contributed by atoms with van der Waals surface area (Å²) in [4.78, 5) is 39.6. The van der Waals surface area contributed by atoms with E-state index in [0.29, 0.717) is 22.7 Å². The third-order valence-corrected chi connectivity index (χ3v) is 4.96. The van der Waals surface area contributed by atoms with Crippen molar-refractivity contribution in [3.8, 4) is 5.75 Å². The molecule has 2 rings (SSSR count). The van der Waals surface area contributed by atoms with Gasteiger partial charge in [-0.1, -0.05) is 30.9 Å². The molecule has 0 saturated heterocycles. The number of allylic oxidation sites excluding steroid dienone is 4. The molecule has 1 aromatic heterocycles. The zero-order valence-electron chi connectivity index (χ0n) is 18.7. The third-order valence-electron chi connectivity index (χ3n) is 4.22. The zero-order valence-corrected chi connectivity index (χ0v) is 19.5. The Balaban J connectivity index is 2.01. The van der Waals surface area contributed by atoms with Crippen molar-refractivity contribution in [2.75, 3.05) is 17.2 Å². The van der Waals surface area contributed by atoms with Gasteiger partial charge in [0.15, 0.2) is 5.00 Å². The van der Waals surface area contributed by atoms with E-state index < -0.39 is 18.0 Å². The molecule has 180 valence electrons. The summed E-state index contributed by atoms with van der Waals surface area (Å²) in [7, 11) is 0. The fourth-order valence-corrected chi connectivity index (χ4v) is 3.40. The first-order chi connectivity index (χ1) is 16.2. The Morgan fingerprint density at radius 1 is 1.24 bits per heavy atom. The highest BCUT2D eigenvalue weighted by Gasteiger charge is 2.19. The number of hydrogen-bond donors (Lipinski definition) is 6. The topological polar surface area (TPSA) is 168 Å². The summed E-state index contributed by atoms with van der Waals surface area (Å²) in [5.74, 6) is 4.50. The second-order valence-electron chi connectivity index (χ2n) is 6.88. The molecule has 0 unspecified atom stereocenters. The Bertz CT molecular complexity index is 1120. The van der Waals surface area contributed by atoms with Crippen molar-refractivity contribution < 1.29 is 24.3 Å². The summed E-state index contributed by atoms with van der Waals surface area (Å²) in [6.45, 7) is 7.47. The molecule has 0 saturated carbocycles. The van der Waals surface area contributed by atoms with Gasteiger partial charge in [-0.05, 0) is 49.2 Å². The number of carbonyl (C=O) groups is 3. The molecule has 0 spiro atoms. The van der Waals surface area contributed by atoms with Gasteiger partial charge in [-0.3, -0.25) is 10.1 Å². The Kier molecular flexibility index (Phi) is 9.80. The summed E-state index contributed by atoms with van der Waals surface area (Å²) in [6.07, 6.45) is 4.76. The number of nitrogens with two attached hydrogens (primary N) is 1. The quantitative estimate of drug-likeness (QED) is 0.220. The first-order valence-electron chi connectivity index (χ1n) is 10.0. The van der Waals surface area contributed by atoms with Crippen molar-refractivity contribution in [3.05, 3.63) is 66.0 Å². The number of nitrogens with one attached hydrogen (secondary N) is 4. The molecule has 0 aliphatic carbocycles. The van der Waals surface area contributed by atoms with Gasteiger partial charge in [-0.2, -0.15) is 10.3 Å². The molecule has 4 amide bonds. The van der Waals surface area contributed by atoms with E-state index >= 15 is 0 Å². The molecule has 34 heavy (non-hydrogen) atoms. The number of amides is 4. The number of carboxylic acids is 1. The number of benzene rings is 1. The number of aromatic nitrogens is 1. The fraction of sp³-hybridized carbons (Fsp3) is 0.182. The summed E-state index contributed by atoms with van der Waals surface area (Å²) >= 11 is 0.940. The van der Waals surface area contributed by atoms with Gasteiger partial charge >= 0.3 is 18.0 Å². The van der Waals surface area contributed by atoms with Gasteiger partial charge in [0.25, 0.3) is 0 Å². The van der Waals surface area contributed by atoms with Crippen LogP contribution in [0, 0.1) is 6.92 Å². The second kappa shape index (κ2) is 12.8. The lowest BCUT2D eigenvalue weighted by Gasteiger charge is -2.08. The van der Waals surface area contributed by atoms with E-state index in [0.717, 1.165) is 17.1 Å². The average molecular weight is 487 g/mol. The van der Waals surface area contributed by atoms with E-state index in [2.05, 4.69) is 32.2 Å². The van der Waals surface area contributed by atoms with Crippen LogP contribution in [0.2, 0.25) is 0 Å². The molecule has 0 bridgehead atoms. The Hall–Kier alpha value is -4.16. The average Bonchev–Trinajstić information content (AvgIpc) is 3.16. The number of nitrogens with zero attached hydrogens (tertiary/aromatic N) is 1. The van der Waals surface area contributed by atoms with E-state index in [4.69, 9.17) is 15.8 Å². The van der Waals surface area contributed by atoms with Crippen molar-refractivity contribution in [1.29, 1.82) is 0 Å². The lowest BCUT2D eigenvalue weighted by molar-refractivity contribution is -0.136. The summed E-state index contributed by atoms with van der Waals surface area (Å²) in [5, 5.41) is 19.2. The number of aliphatic carboxylic acids is 1. The van der Waals surface area contributed by atoms with Gasteiger partial charge in [0.05, 0.1) is 6.42 Å². The highest BCUT2D eigenvalue weighted by Crippen LogP contribution is 2.37. The first kappa shape index (κ1) is 26.1. The second-order valence-corrected chi connectivity index (χ2v) is 7.66. The molecular formula is C22H26N6O5S. The molecular weight excluding hydrogens is 460 g/mol. The number of carbonyl (C=O) groups excluding carboxylic acids is 2. The Labute approximate surface area is 200 Å². The molecule has 0 atom stereocenters. The monoisotopic (exact) mass is 486 g/mol. The van der Waals surface area contributed by atoms with Gasteiger partial charge in [0, 0.05) is 23.5 Å². The van der Waals surface area contributed by atoms with E-state index in [1.54, 1.807) is 31.2 Å². The number of carboxylic acid groups (broad SMARTS) is 1. The van der Waals surface area contributed by atoms with Gasteiger partial charge in [0.1, 0.15) is 5.69 Å². The molecule has 7 N–H and O–H groups in total. The van der Waals surface area contributed by atoms with Crippen molar-refractivity contribution in [3.63, 3.8) is 0 Å². The molecule has 1 aromatic carbocycles. The maximum absolute atomic E-state index is 12.2. The summed E-state index contributed by atoms with van der Waals surface area (Å²) in [5.41, 5.74) is 2.96. The van der Waals surface area contributed by atoms with E-state index in [1.165, 1.54) is 0 Å². The van der Waals surface area contributed by atoms with Gasteiger partial charge in [-0.15, -0.1) is 0 Å². The summed E-state index contributed by atoms with van der Waals surface area (Å²) in [6, 6.07) is 6.31. The molecule has 11 nitrogen and oxygen atoms in total. The minimum atomic E-state index is -1.03. The highest BCUT2D eigenvalue weighted by atomic mass is 32.1.